The number of pyridine rings is 1. The average Bonchev–Trinajstić information content (AvgIpc) is 2.67. The van der Waals surface area contributed by atoms with Crippen molar-refractivity contribution in [3.63, 3.8) is 0 Å². The minimum absolute atomic E-state index is 0.0199. The lowest BCUT2D eigenvalue weighted by Gasteiger charge is -2.09. The number of carbonyl (C=O) groups is 1. The van der Waals surface area contributed by atoms with Gasteiger partial charge in [-0.15, -0.1) is 0 Å². The summed E-state index contributed by atoms with van der Waals surface area (Å²) in [4.78, 5) is 23.7. The van der Waals surface area contributed by atoms with Crippen LogP contribution in [-0.2, 0) is 4.79 Å². The second-order valence-electron chi connectivity index (χ2n) is 5.38. The number of ether oxygens (including phenoxy) is 1. The number of nitriles is 1. The number of hydrogen-bond acceptors (Lipinski definition) is 8. The van der Waals surface area contributed by atoms with E-state index in [1.165, 1.54) is 0 Å². The summed E-state index contributed by atoms with van der Waals surface area (Å²) in [6, 6.07) is 13.9. The Morgan fingerprint density at radius 2 is 1.93 bits per heavy atom. The van der Waals surface area contributed by atoms with Crippen LogP contribution in [0, 0.1) is 11.3 Å². The highest BCUT2D eigenvalue weighted by molar-refractivity contribution is 5.90. The smallest absolute Gasteiger partial charge is 0.263 e. The number of hydrogen-bond donors (Lipinski definition) is 3. The van der Waals surface area contributed by atoms with E-state index in [1.54, 1.807) is 48.7 Å². The molecule has 0 aliphatic carbocycles. The first-order valence-electron chi connectivity index (χ1n) is 7.84. The molecule has 134 valence electrons. The summed E-state index contributed by atoms with van der Waals surface area (Å²) in [7, 11) is 0. The Morgan fingerprint density at radius 1 is 1.15 bits per heavy atom. The van der Waals surface area contributed by atoms with Gasteiger partial charge in [0.1, 0.15) is 29.0 Å². The molecule has 9 nitrogen and oxygen atoms in total. The van der Waals surface area contributed by atoms with Gasteiger partial charge in [-0.1, -0.05) is 6.07 Å². The first-order valence-corrected chi connectivity index (χ1v) is 7.84. The maximum Gasteiger partial charge on any atom is 0.263 e. The summed E-state index contributed by atoms with van der Waals surface area (Å²) in [6.07, 6.45) is 1.58. The minimum Gasteiger partial charge on any atom is -0.484 e. The molecule has 1 amide bonds. The van der Waals surface area contributed by atoms with Crippen LogP contribution in [0.5, 0.6) is 5.75 Å². The number of rotatable bonds is 5. The largest absolute Gasteiger partial charge is 0.484 e. The van der Waals surface area contributed by atoms with Gasteiger partial charge in [0, 0.05) is 11.8 Å². The van der Waals surface area contributed by atoms with Crippen molar-refractivity contribution in [2.45, 2.75) is 0 Å². The van der Waals surface area contributed by atoms with Gasteiger partial charge in [-0.2, -0.15) is 10.2 Å². The summed E-state index contributed by atoms with van der Waals surface area (Å²) >= 11 is 0. The number of carbonyl (C=O) groups excluding carboxylic acids is 1. The molecule has 1 aromatic carbocycles. The average molecular weight is 361 g/mol. The van der Waals surface area contributed by atoms with Gasteiger partial charge in [-0.05, 0) is 36.4 Å². The molecule has 5 N–H and O–H groups in total. The highest BCUT2D eigenvalue weighted by Gasteiger charge is 2.13. The fourth-order valence-electron chi connectivity index (χ4n) is 2.29. The second-order valence-corrected chi connectivity index (χ2v) is 5.38. The lowest BCUT2D eigenvalue weighted by Crippen LogP contribution is -2.20. The first-order chi connectivity index (χ1) is 13.1. The Labute approximate surface area is 154 Å². The van der Waals surface area contributed by atoms with Crippen molar-refractivity contribution in [3.8, 4) is 23.1 Å². The zero-order valence-corrected chi connectivity index (χ0v) is 14.1. The molecule has 0 atom stereocenters. The van der Waals surface area contributed by atoms with Gasteiger partial charge in [0.05, 0.1) is 5.69 Å². The standard InChI is InChI=1S/C18H15N7O2/c19-9-13-16(24-18(21)25-17(13)20)11-4-6-12(7-5-11)27-10-15(26)23-14-3-1-2-8-22-14/h1-8H,10H2,(H,22,23,26)(H4,20,21,24,25). The lowest BCUT2D eigenvalue weighted by atomic mass is 10.1. The Kier molecular flexibility index (Phi) is 5.09. The van der Waals surface area contributed by atoms with Crippen LogP contribution in [0.2, 0.25) is 0 Å². The molecule has 0 unspecified atom stereocenters. The van der Waals surface area contributed by atoms with Gasteiger partial charge in [0.2, 0.25) is 5.95 Å². The third kappa shape index (κ3) is 4.26. The Bertz CT molecular complexity index is 999. The molecule has 2 heterocycles. The fraction of sp³-hybridized carbons (Fsp3) is 0.0556. The van der Waals surface area contributed by atoms with Gasteiger partial charge in [0.15, 0.2) is 6.61 Å². The van der Waals surface area contributed by atoms with Crippen LogP contribution in [0.1, 0.15) is 5.56 Å². The summed E-state index contributed by atoms with van der Waals surface area (Å²) in [5.41, 5.74) is 12.4. The van der Waals surface area contributed by atoms with E-state index in [0.29, 0.717) is 22.8 Å². The molecule has 9 heteroatoms. The molecular formula is C18H15N7O2. The zero-order chi connectivity index (χ0) is 19.2. The maximum atomic E-state index is 11.9. The Hall–Kier alpha value is -4.19. The normalized spacial score (nSPS) is 10.0. The van der Waals surface area contributed by atoms with Crippen LogP contribution in [0.25, 0.3) is 11.3 Å². The molecule has 0 aliphatic rings. The van der Waals surface area contributed by atoms with Crippen molar-refractivity contribution >= 4 is 23.5 Å². The molecule has 27 heavy (non-hydrogen) atoms. The van der Waals surface area contributed by atoms with E-state index in [9.17, 15) is 10.1 Å². The van der Waals surface area contributed by atoms with Gasteiger partial charge in [-0.25, -0.2) is 9.97 Å². The van der Waals surface area contributed by atoms with Crippen molar-refractivity contribution in [2.75, 3.05) is 23.4 Å². The van der Waals surface area contributed by atoms with Crippen LogP contribution in [0.15, 0.2) is 48.7 Å². The molecule has 0 spiro atoms. The van der Waals surface area contributed by atoms with E-state index in [-0.39, 0.29) is 29.8 Å². The molecule has 0 saturated heterocycles. The monoisotopic (exact) mass is 361 g/mol. The van der Waals surface area contributed by atoms with Gasteiger partial charge in [-0.3, -0.25) is 4.79 Å². The van der Waals surface area contributed by atoms with Crippen molar-refractivity contribution in [1.82, 2.24) is 15.0 Å². The van der Waals surface area contributed by atoms with Crippen LogP contribution in [0.4, 0.5) is 17.6 Å². The second kappa shape index (κ2) is 7.79. The third-order valence-corrected chi connectivity index (χ3v) is 3.50. The quantitative estimate of drug-likeness (QED) is 0.619. The molecular weight excluding hydrogens is 346 g/mol. The number of amides is 1. The number of nitrogen functional groups attached to an aromatic ring is 2. The van der Waals surface area contributed by atoms with E-state index in [2.05, 4.69) is 20.3 Å². The van der Waals surface area contributed by atoms with Crippen molar-refractivity contribution in [2.24, 2.45) is 0 Å². The van der Waals surface area contributed by atoms with Crippen molar-refractivity contribution in [3.05, 3.63) is 54.2 Å². The minimum atomic E-state index is -0.333. The molecule has 2 aromatic heterocycles. The molecule has 3 rings (SSSR count). The highest BCUT2D eigenvalue weighted by Crippen LogP contribution is 2.26. The molecule has 0 aliphatic heterocycles. The fourth-order valence-corrected chi connectivity index (χ4v) is 2.29. The molecule has 0 fully saturated rings. The highest BCUT2D eigenvalue weighted by atomic mass is 16.5. The number of anilines is 3. The molecule has 0 saturated carbocycles. The zero-order valence-electron chi connectivity index (χ0n) is 14.1. The summed E-state index contributed by atoms with van der Waals surface area (Å²) in [6.45, 7) is -0.174. The number of aromatic nitrogens is 3. The van der Waals surface area contributed by atoms with Crippen LogP contribution in [0.3, 0.4) is 0 Å². The molecule has 0 radical (unpaired) electrons. The van der Waals surface area contributed by atoms with Gasteiger partial charge < -0.3 is 21.5 Å². The van der Waals surface area contributed by atoms with E-state index >= 15 is 0 Å². The predicted molar refractivity (Wildman–Crippen MR) is 99.4 cm³/mol. The number of nitrogens with zero attached hydrogens (tertiary/aromatic N) is 4. The number of nitrogens with two attached hydrogens (primary N) is 2. The van der Waals surface area contributed by atoms with E-state index in [1.807, 2.05) is 6.07 Å². The van der Waals surface area contributed by atoms with Crippen molar-refractivity contribution < 1.29 is 9.53 Å². The lowest BCUT2D eigenvalue weighted by molar-refractivity contribution is -0.118. The van der Waals surface area contributed by atoms with Crippen LogP contribution < -0.4 is 21.5 Å². The van der Waals surface area contributed by atoms with Crippen LogP contribution >= 0.6 is 0 Å². The number of nitrogens with one attached hydrogen (secondary N) is 1. The summed E-state index contributed by atoms with van der Waals surface area (Å²) in [5, 5.41) is 11.9. The third-order valence-electron chi connectivity index (χ3n) is 3.50. The van der Waals surface area contributed by atoms with Crippen LogP contribution in [-0.4, -0.2) is 27.5 Å². The predicted octanol–water partition coefficient (Wildman–Crippen LogP) is 1.59. The Balaban J connectivity index is 1.68. The topological polar surface area (TPSA) is 153 Å². The van der Waals surface area contributed by atoms with E-state index in [4.69, 9.17) is 16.2 Å². The molecule has 0 bridgehead atoms. The molecule has 3 aromatic rings. The summed E-state index contributed by atoms with van der Waals surface area (Å²) < 4.78 is 5.45. The van der Waals surface area contributed by atoms with E-state index in [0.717, 1.165) is 0 Å². The maximum absolute atomic E-state index is 11.9. The SMILES string of the molecule is N#Cc1c(N)nc(N)nc1-c1ccc(OCC(=O)Nc2ccccn2)cc1. The summed E-state index contributed by atoms with van der Waals surface area (Å²) in [5.74, 6) is 0.591. The Morgan fingerprint density at radius 3 is 2.59 bits per heavy atom. The van der Waals surface area contributed by atoms with Gasteiger partial charge in [0.25, 0.3) is 5.91 Å². The van der Waals surface area contributed by atoms with Crippen molar-refractivity contribution in [1.29, 1.82) is 5.26 Å². The van der Waals surface area contributed by atoms with Gasteiger partial charge >= 0.3 is 0 Å². The number of benzene rings is 1. The van der Waals surface area contributed by atoms with E-state index < -0.39 is 0 Å². The first kappa shape index (κ1) is 17.6.